The van der Waals surface area contributed by atoms with Crippen LogP contribution < -0.4 is 5.32 Å². The number of amides is 1. The Balaban J connectivity index is 2.53. The van der Waals surface area contributed by atoms with E-state index in [-0.39, 0.29) is 11.3 Å². The van der Waals surface area contributed by atoms with E-state index in [1.165, 1.54) is 5.56 Å². The lowest BCUT2D eigenvalue weighted by atomic mass is 10.0. The fourth-order valence-electron chi connectivity index (χ4n) is 1.60. The topological polar surface area (TPSA) is 29.1 Å². The third-order valence-corrected chi connectivity index (χ3v) is 3.28. The summed E-state index contributed by atoms with van der Waals surface area (Å²) in [5.74, 6) is 0.0396. The summed E-state index contributed by atoms with van der Waals surface area (Å²) in [6.07, 6.45) is 1.30. The lowest BCUT2D eigenvalue weighted by Crippen LogP contribution is -2.30. The monoisotopic (exact) mass is 253 g/mol. The summed E-state index contributed by atoms with van der Waals surface area (Å²) in [7, 11) is 0. The van der Waals surface area contributed by atoms with Crippen molar-refractivity contribution in [2.75, 3.05) is 6.54 Å². The smallest absolute Gasteiger partial charge is 0.224 e. The van der Waals surface area contributed by atoms with Crippen molar-refractivity contribution in [3.63, 3.8) is 0 Å². The van der Waals surface area contributed by atoms with Crippen LogP contribution in [-0.4, -0.2) is 17.8 Å². The summed E-state index contributed by atoms with van der Waals surface area (Å²) in [5.41, 5.74) is 3.43. The molecule has 0 radical (unpaired) electrons. The summed E-state index contributed by atoms with van der Waals surface area (Å²) in [4.78, 5) is 11.7. The summed E-state index contributed by atoms with van der Waals surface area (Å²) in [6, 6.07) is 6.17. The van der Waals surface area contributed by atoms with Crippen molar-refractivity contribution < 1.29 is 4.79 Å². The number of benzene rings is 1. The highest BCUT2D eigenvalue weighted by molar-refractivity contribution is 6.20. The van der Waals surface area contributed by atoms with Gasteiger partial charge in [-0.3, -0.25) is 4.79 Å². The van der Waals surface area contributed by atoms with Gasteiger partial charge in [-0.1, -0.05) is 30.7 Å². The molecular weight excluding hydrogens is 234 g/mol. The van der Waals surface area contributed by atoms with Crippen molar-refractivity contribution >= 4 is 17.5 Å². The van der Waals surface area contributed by atoms with E-state index < -0.39 is 0 Å². The third kappa shape index (κ3) is 4.78. The second kappa shape index (κ2) is 6.65. The van der Waals surface area contributed by atoms with E-state index in [1.807, 2.05) is 26.8 Å². The number of nitrogens with one attached hydrogen (secondary N) is 1. The Morgan fingerprint density at radius 3 is 2.76 bits per heavy atom. The van der Waals surface area contributed by atoms with Gasteiger partial charge in [-0.2, -0.15) is 0 Å². The van der Waals surface area contributed by atoms with Crippen LogP contribution in [0.5, 0.6) is 0 Å². The molecule has 1 aromatic rings. The lowest BCUT2D eigenvalue weighted by Gasteiger charge is -2.10. The first-order valence-corrected chi connectivity index (χ1v) is 6.43. The van der Waals surface area contributed by atoms with E-state index in [0.717, 1.165) is 17.5 Å². The minimum atomic E-state index is 0.0255. The number of halogens is 1. The van der Waals surface area contributed by atoms with Crippen LogP contribution in [0, 0.1) is 13.8 Å². The lowest BCUT2D eigenvalue weighted by molar-refractivity contribution is -0.120. The van der Waals surface area contributed by atoms with Crippen molar-refractivity contribution in [3.8, 4) is 0 Å². The van der Waals surface area contributed by atoms with Crippen LogP contribution in [0.4, 0.5) is 0 Å². The summed E-state index contributed by atoms with van der Waals surface area (Å²) in [6.45, 7) is 6.61. The third-order valence-electron chi connectivity index (χ3n) is 2.82. The largest absolute Gasteiger partial charge is 0.354 e. The molecule has 1 N–H and O–H groups in total. The minimum Gasteiger partial charge on any atom is -0.354 e. The first-order chi connectivity index (χ1) is 8.02. The van der Waals surface area contributed by atoms with Crippen LogP contribution in [-0.2, 0) is 11.2 Å². The molecule has 0 saturated heterocycles. The highest BCUT2D eigenvalue weighted by Crippen LogP contribution is 2.11. The molecule has 2 nitrogen and oxygen atoms in total. The van der Waals surface area contributed by atoms with Gasteiger partial charge in [0.25, 0.3) is 0 Å². The molecule has 1 atom stereocenters. The summed E-state index contributed by atoms with van der Waals surface area (Å²) in [5, 5.41) is 2.88. The zero-order valence-electron chi connectivity index (χ0n) is 10.7. The van der Waals surface area contributed by atoms with E-state index in [0.29, 0.717) is 13.0 Å². The standard InChI is InChI=1S/C14H20ClNO/c1-4-13(15)9-16-14(17)8-12-7-10(2)5-6-11(12)3/h5-7,13H,4,8-9H2,1-3H3,(H,16,17). The molecular formula is C14H20ClNO. The number of aryl methyl sites for hydroxylation is 2. The second-order valence-electron chi connectivity index (χ2n) is 4.42. The van der Waals surface area contributed by atoms with E-state index in [1.54, 1.807) is 0 Å². The Morgan fingerprint density at radius 1 is 1.41 bits per heavy atom. The first-order valence-electron chi connectivity index (χ1n) is 5.99. The molecule has 1 aromatic carbocycles. The van der Waals surface area contributed by atoms with Gasteiger partial charge in [0.05, 0.1) is 11.8 Å². The molecule has 0 saturated carbocycles. The Labute approximate surface area is 108 Å². The molecule has 1 amide bonds. The molecule has 0 aliphatic rings. The number of carbonyl (C=O) groups excluding carboxylic acids is 1. The summed E-state index contributed by atoms with van der Waals surface area (Å²) < 4.78 is 0. The molecule has 0 spiro atoms. The first kappa shape index (κ1) is 14.0. The minimum absolute atomic E-state index is 0.0255. The van der Waals surface area contributed by atoms with Gasteiger partial charge < -0.3 is 5.32 Å². The van der Waals surface area contributed by atoms with Gasteiger partial charge in [0, 0.05) is 6.54 Å². The molecule has 94 valence electrons. The van der Waals surface area contributed by atoms with Crippen LogP contribution >= 0.6 is 11.6 Å². The van der Waals surface area contributed by atoms with Gasteiger partial charge in [0.2, 0.25) is 5.91 Å². The maximum atomic E-state index is 11.7. The zero-order valence-corrected chi connectivity index (χ0v) is 11.5. The quantitative estimate of drug-likeness (QED) is 0.804. The van der Waals surface area contributed by atoms with Crippen LogP contribution in [0.25, 0.3) is 0 Å². The molecule has 0 aromatic heterocycles. The molecule has 0 heterocycles. The van der Waals surface area contributed by atoms with Crippen LogP contribution in [0.15, 0.2) is 18.2 Å². The van der Waals surface area contributed by atoms with Crippen molar-refractivity contribution in [2.45, 2.75) is 39.0 Å². The predicted molar refractivity (Wildman–Crippen MR) is 72.6 cm³/mol. The zero-order chi connectivity index (χ0) is 12.8. The molecule has 0 aliphatic heterocycles. The van der Waals surface area contributed by atoms with Crippen LogP contribution in [0.3, 0.4) is 0 Å². The fourth-order valence-corrected chi connectivity index (χ4v) is 1.67. The van der Waals surface area contributed by atoms with E-state index in [2.05, 4.69) is 17.4 Å². The van der Waals surface area contributed by atoms with Crippen molar-refractivity contribution in [1.29, 1.82) is 0 Å². The average Bonchev–Trinajstić information content (AvgIpc) is 2.30. The fraction of sp³-hybridized carbons (Fsp3) is 0.500. The molecule has 3 heteroatoms. The van der Waals surface area contributed by atoms with Gasteiger partial charge in [0.15, 0.2) is 0 Å². The number of hydrogen-bond acceptors (Lipinski definition) is 1. The number of alkyl halides is 1. The molecule has 17 heavy (non-hydrogen) atoms. The number of rotatable bonds is 5. The highest BCUT2D eigenvalue weighted by atomic mass is 35.5. The highest BCUT2D eigenvalue weighted by Gasteiger charge is 2.08. The normalized spacial score (nSPS) is 12.2. The predicted octanol–water partition coefficient (Wildman–Crippen LogP) is 2.98. The Bertz CT molecular complexity index is 390. The molecule has 0 aliphatic carbocycles. The second-order valence-corrected chi connectivity index (χ2v) is 5.03. The average molecular weight is 254 g/mol. The Hall–Kier alpha value is -1.02. The van der Waals surface area contributed by atoms with Gasteiger partial charge in [-0.15, -0.1) is 11.6 Å². The van der Waals surface area contributed by atoms with Crippen molar-refractivity contribution in [2.24, 2.45) is 0 Å². The van der Waals surface area contributed by atoms with Crippen molar-refractivity contribution in [1.82, 2.24) is 5.32 Å². The number of carbonyl (C=O) groups is 1. The van der Waals surface area contributed by atoms with E-state index in [4.69, 9.17) is 11.6 Å². The van der Waals surface area contributed by atoms with Gasteiger partial charge in [0.1, 0.15) is 0 Å². The van der Waals surface area contributed by atoms with Crippen LogP contribution in [0.1, 0.15) is 30.0 Å². The molecule has 1 rings (SSSR count). The van der Waals surface area contributed by atoms with Gasteiger partial charge >= 0.3 is 0 Å². The molecule has 1 unspecified atom stereocenters. The maximum absolute atomic E-state index is 11.7. The number of hydrogen-bond donors (Lipinski definition) is 1. The van der Waals surface area contributed by atoms with Gasteiger partial charge in [-0.25, -0.2) is 0 Å². The SMILES string of the molecule is CCC(Cl)CNC(=O)Cc1cc(C)ccc1C. The Morgan fingerprint density at radius 2 is 2.12 bits per heavy atom. The van der Waals surface area contributed by atoms with E-state index >= 15 is 0 Å². The maximum Gasteiger partial charge on any atom is 0.224 e. The Kier molecular flexibility index (Phi) is 5.49. The van der Waals surface area contributed by atoms with E-state index in [9.17, 15) is 4.79 Å². The van der Waals surface area contributed by atoms with Crippen LogP contribution in [0.2, 0.25) is 0 Å². The van der Waals surface area contributed by atoms with Gasteiger partial charge in [-0.05, 0) is 31.4 Å². The summed E-state index contributed by atoms with van der Waals surface area (Å²) >= 11 is 5.95. The molecule has 0 bridgehead atoms. The van der Waals surface area contributed by atoms with Crippen molar-refractivity contribution in [3.05, 3.63) is 34.9 Å². The molecule has 0 fully saturated rings.